The van der Waals surface area contributed by atoms with Gasteiger partial charge in [-0.15, -0.1) is 17.8 Å². The van der Waals surface area contributed by atoms with Crippen LogP contribution in [0.3, 0.4) is 0 Å². The normalized spacial score (nSPS) is 11.8. The van der Waals surface area contributed by atoms with Gasteiger partial charge in [0, 0.05) is 17.7 Å². The number of hydrogen-bond acceptors (Lipinski definition) is 3. The zero-order chi connectivity index (χ0) is 12.1. The standard InChI is InChI=1S/C12H13NOS2/c1-5-10(4)6-11-13-7-12(15-11)16(14)8-9(2)3/h1,7H,2,4,6,8H2,3H3. The van der Waals surface area contributed by atoms with Crippen LogP contribution in [-0.4, -0.2) is 14.9 Å². The number of aromatic nitrogens is 1. The van der Waals surface area contributed by atoms with Gasteiger partial charge in [-0.3, -0.25) is 4.21 Å². The predicted molar refractivity (Wildman–Crippen MR) is 69.9 cm³/mol. The van der Waals surface area contributed by atoms with E-state index in [0.717, 1.165) is 14.8 Å². The van der Waals surface area contributed by atoms with Crippen molar-refractivity contribution in [3.05, 3.63) is 35.5 Å². The summed E-state index contributed by atoms with van der Waals surface area (Å²) in [5.74, 6) is 2.95. The summed E-state index contributed by atoms with van der Waals surface area (Å²) in [4.78, 5) is 4.17. The summed E-state index contributed by atoms with van der Waals surface area (Å²) in [6, 6.07) is 0. The average Bonchev–Trinajstić information content (AvgIpc) is 2.65. The molecule has 0 aromatic carbocycles. The van der Waals surface area contributed by atoms with Gasteiger partial charge in [-0.1, -0.05) is 24.7 Å². The Bertz CT molecular complexity index is 479. The fourth-order valence-corrected chi connectivity index (χ4v) is 3.30. The van der Waals surface area contributed by atoms with E-state index in [1.807, 2.05) is 6.92 Å². The lowest BCUT2D eigenvalue weighted by atomic mass is 10.2. The van der Waals surface area contributed by atoms with Crippen LogP contribution in [0.15, 0.2) is 34.7 Å². The molecule has 0 aliphatic heterocycles. The molecule has 84 valence electrons. The van der Waals surface area contributed by atoms with E-state index in [4.69, 9.17) is 6.42 Å². The Morgan fingerprint density at radius 2 is 2.38 bits per heavy atom. The molecule has 1 aromatic rings. The van der Waals surface area contributed by atoms with Crippen molar-refractivity contribution in [3.8, 4) is 12.3 Å². The minimum absolute atomic E-state index is 0.484. The lowest BCUT2D eigenvalue weighted by Gasteiger charge is -1.96. The summed E-state index contributed by atoms with van der Waals surface area (Å²) < 4.78 is 12.5. The first-order chi connectivity index (χ1) is 7.52. The van der Waals surface area contributed by atoms with Crippen LogP contribution in [0.5, 0.6) is 0 Å². The van der Waals surface area contributed by atoms with Crippen LogP contribution in [0.1, 0.15) is 11.9 Å². The zero-order valence-corrected chi connectivity index (χ0v) is 10.8. The van der Waals surface area contributed by atoms with Crippen molar-refractivity contribution < 1.29 is 4.21 Å². The first-order valence-electron chi connectivity index (χ1n) is 4.64. The predicted octanol–water partition coefficient (Wildman–Crippen LogP) is 2.56. The largest absolute Gasteiger partial charge is 0.253 e. The molecule has 0 radical (unpaired) electrons. The summed E-state index contributed by atoms with van der Waals surface area (Å²) in [7, 11) is -1.03. The molecule has 1 heterocycles. The van der Waals surface area contributed by atoms with Crippen LogP contribution in [-0.2, 0) is 17.2 Å². The SMILES string of the molecule is C#CC(=C)Cc1ncc(S(=O)CC(=C)C)s1. The molecule has 0 fully saturated rings. The van der Waals surface area contributed by atoms with Gasteiger partial charge < -0.3 is 0 Å². The van der Waals surface area contributed by atoms with Gasteiger partial charge in [0.2, 0.25) is 0 Å². The van der Waals surface area contributed by atoms with Gasteiger partial charge in [0.15, 0.2) is 0 Å². The van der Waals surface area contributed by atoms with Crippen LogP contribution >= 0.6 is 11.3 Å². The smallest absolute Gasteiger partial charge is 0.111 e. The lowest BCUT2D eigenvalue weighted by Crippen LogP contribution is -1.95. The molecule has 0 bridgehead atoms. The Balaban J connectivity index is 2.72. The van der Waals surface area contributed by atoms with Crippen LogP contribution in [0, 0.1) is 12.3 Å². The fourth-order valence-electron chi connectivity index (χ4n) is 1.01. The molecule has 0 spiro atoms. The summed E-state index contributed by atoms with van der Waals surface area (Å²) >= 11 is 1.42. The van der Waals surface area contributed by atoms with E-state index >= 15 is 0 Å². The van der Waals surface area contributed by atoms with E-state index in [9.17, 15) is 4.21 Å². The van der Waals surface area contributed by atoms with E-state index in [2.05, 4.69) is 24.1 Å². The number of allylic oxidation sites excluding steroid dienone is 1. The molecule has 0 aliphatic carbocycles. The van der Waals surface area contributed by atoms with E-state index in [-0.39, 0.29) is 0 Å². The molecule has 1 atom stereocenters. The van der Waals surface area contributed by atoms with Gasteiger partial charge >= 0.3 is 0 Å². The van der Waals surface area contributed by atoms with Crippen LogP contribution in [0.4, 0.5) is 0 Å². The average molecular weight is 251 g/mol. The third-order valence-electron chi connectivity index (χ3n) is 1.70. The van der Waals surface area contributed by atoms with E-state index in [0.29, 0.717) is 17.7 Å². The van der Waals surface area contributed by atoms with Gasteiger partial charge in [-0.2, -0.15) is 0 Å². The first kappa shape index (κ1) is 12.9. The maximum Gasteiger partial charge on any atom is 0.111 e. The molecule has 1 unspecified atom stereocenters. The first-order valence-corrected chi connectivity index (χ1v) is 6.78. The molecule has 1 aromatic heterocycles. The minimum atomic E-state index is -1.03. The van der Waals surface area contributed by atoms with Crippen LogP contribution in [0.2, 0.25) is 0 Å². The van der Waals surface area contributed by atoms with E-state index in [1.165, 1.54) is 11.3 Å². The van der Waals surface area contributed by atoms with Crippen molar-refractivity contribution >= 4 is 22.1 Å². The molecule has 2 nitrogen and oxygen atoms in total. The van der Waals surface area contributed by atoms with Gasteiger partial charge in [0.05, 0.1) is 22.0 Å². The number of rotatable bonds is 5. The Morgan fingerprint density at radius 3 is 2.94 bits per heavy atom. The molecule has 0 N–H and O–H groups in total. The molecular weight excluding hydrogens is 238 g/mol. The van der Waals surface area contributed by atoms with Gasteiger partial charge in [-0.25, -0.2) is 4.98 Å². The van der Waals surface area contributed by atoms with Crippen LogP contribution < -0.4 is 0 Å². The number of nitrogens with zero attached hydrogens (tertiary/aromatic N) is 1. The van der Waals surface area contributed by atoms with Gasteiger partial charge in [-0.05, 0) is 6.92 Å². The van der Waals surface area contributed by atoms with Crippen molar-refractivity contribution in [1.29, 1.82) is 0 Å². The molecule has 0 amide bonds. The quantitative estimate of drug-likeness (QED) is 0.594. The third kappa shape index (κ3) is 3.76. The molecule has 4 heteroatoms. The second kappa shape index (κ2) is 5.78. The highest BCUT2D eigenvalue weighted by atomic mass is 32.2. The van der Waals surface area contributed by atoms with Crippen molar-refractivity contribution in [1.82, 2.24) is 4.98 Å². The Hall–Kier alpha value is -1.18. The molecule has 1 rings (SSSR count). The van der Waals surface area contributed by atoms with Crippen molar-refractivity contribution in [3.63, 3.8) is 0 Å². The van der Waals surface area contributed by atoms with Gasteiger partial charge in [0.1, 0.15) is 4.21 Å². The highest BCUT2D eigenvalue weighted by molar-refractivity contribution is 7.87. The topological polar surface area (TPSA) is 30.0 Å². The summed E-state index contributed by atoms with van der Waals surface area (Å²) in [6.45, 7) is 9.31. The van der Waals surface area contributed by atoms with Gasteiger partial charge in [0.25, 0.3) is 0 Å². The summed E-state index contributed by atoms with van der Waals surface area (Å²) in [6.07, 6.45) is 7.41. The summed E-state index contributed by atoms with van der Waals surface area (Å²) in [5, 5.41) is 0.855. The highest BCUT2D eigenvalue weighted by Crippen LogP contribution is 2.20. The summed E-state index contributed by atoms with van der Waals surface area (Å²) in [5.41, 5.74) is 1.59. The van der Waals surface area contributed by atoms with Crippen molar-refractivity contribution in [2.24, 2.45) is 0 Å². The molecule has 0 saturated carbocycles. The monoisotopic (exact) mass is 251 g/mol. The number of terminal acetylenes is 1. The Labute approximate surface area is 103 Å². The van der Waals surface area contributed by atoms with E-state index < -0.39 is 10.8 Å². The van der Waals surface area contributed by atoms with Crippen LogP contribution in [0.25, 0.3) is 0 Å². The Kier molecular flexibility index (Phi) is 4.66. The van der Waals surface area contributed by atoms with Crippen molar-refractivity contribution in [2.45, 2.75) is 17.6 Å². The van der Waals surface area contributed by atoms with E-state index in [1.54, 1.807) is 6.20 Å². The minimum Gasteiger partial charge on any atom is -0.253 e. The molecule has 0 aliphatic rings. The van der Waals surface area contributed by atoms with Crippen molar-refractivity contribution in [2.75, 3.05) is 5.75 Å². The maximum absolute atomic E-state index is 11.8. The third-order valence-corrected chi connectivity index (χ3v) is 4.61. The second-order valence-electron chi connectivity index (χ2n) is 3.44. The lowest BCUT2D eigenvalue weighted by molar-refractivity contribution is 0.685. The maximum atomic E-state index is 11.8. The molecule has 0 saturated heterocycles. The number of hydrogen-bond donors (Lipinski definition) is 0. The second-order valence-corrected chi connectivity index (χ2v) is 6.24. The molecular formula is C12H13NOS2. The molecule has 16 heavy (non-hydrogen) atoms. The highest BCUT2D eigenvalue weighted by Gasteiger charge is 2.09. The Morgan fingerprint density at radius 1 is 1.69 bits per heavy atom. The number of thiazole rings is 1. The zero-order valence-electron chi connectivity index (χ0n) is 9.16. The fraction of sp³-hybridized carbons (Fsp3) is 0.250.